The van der Waals surface area contributed by atoms with E-state index in [0.29, 0.717) is 17.9 Å². The molecule has 22 heavy (non-hydrogen) atoms. The van der Waals surface area contributed by atoms with Gasteiger partial charge in [0.1, 0.15) is 11.5 Å². The highest BCUT2D eigenvalue weighted by Gasteiger charge is 2.11. The number of carbonyl (C=O) groups is 2. The highest BCUT2D eigenvalue weighted by molar-refractivity contribution is 9.10. The molecule has 0 aliphatic rings. The topological polar surface area (TPSA) is 80.6 Å². The molecule has 0 fully saturated rings. The molecular formula is C15H15BrN2O4. The van der Waals surface area contributed by atoms with E-state index in [2.05, 4.69) is 26.8 Å². The van der Waals surface area contributed by atoms with Crippen molar-refractivity contribution in [3.05, 3.63) is 52.4 Å². The zero-order valence-electron chi connectivity index (χ0n) is 11.9. The maximum absolute atomic E-state index is 11.7. The van der Waals surface area contributed by atoms with Gasteiger partial charge in [-0.3, -0.25) is 20.4 Å². The van der Waals surface area contributed by atoms with Crippen molar-refractivity contribution < 1.29 is 18.7 Å². The van der Waals surface area contributed by atoms with Crippen molar-refractivity contribution in [2.75, 3.05) is 6.61 Å². The third-order valence-corrected chi connectivity index (χ3v) is 3.26. The molecule has 0 radical (unpaired) electrons. The number of furan rings is 1. The first-order chi connectivity index (χ1) is 10.6. The Labute approximate surface area is 135 Å². The van der Waals surface area contributed by atoms with Crippen LogP contribution in [0.5, 0.6) is 5.75 Å². The van der Waals surface area contributed by atoms with Gasteiger partial charge in [0.25, 0.3) is 5.91 Å². The number of hydrazine groups is 1. The van der Waals surface area contributed by atoms with Gasteiger partial charge in [0.15, 0.2) is 12.4 Å². The lowest BCUT2D eigenvalue weighted by molar-refractivity contribution is -0.123. The molecule has 7 heteroatoms. The fourth-order valence-electron chi connectivity index (χ4n) is 1.59. The fourth-order valence-corrected chi connectivity index (χ4v) is 1.86. The number of amides is 2. The summed E-state index contributed by atoms with van der Waals surface area (Å²) in [6.45, 7) is 1.71. The maximum atomic E-state index is 11.7. The van der Waals surface area contributed by atoms with E-state index in [-0.39, 0.29) is 12.4 Å². The lowest BCUT2D eigenvalue weighted by Crippen LogP contribution is -2.43. The van der Waals surface area contributed by atoms with Gasteiger partial charge in [0.05, 0.1) is 0 Å². The quantitative estimate of drug-likeness (QED) is 0.796. The summed E-state index contributed by atoms with van der Waals surface area (Å²) >= 11 is 3.30. The van der Waals surface area contributed by atoms with Crippen LogP contribution in [0.1, 0.15) is 23.2 Å². The fraction of sp³-hybridized carbons (Fsp3) is 0.200. The molecule has 1 heterocycles. The Kier molecular flexibility index (Phi) is 5.60. The first-order valence-electron chi connectivity index (χ1n) is 6.64. The Bertz CT molecular complexity index is 652. The number of hydrogen-bond donors (Lipinski definition) is 2. The first-order valence-corrected chi connectivity index (χ1v) is 7.44. The van der Waals surface area contributed by atoms with Crippen molar-refractivity contribution in [2.45, 2.75) is 13.3 Å². The Hall–Kier alpha value is -2.28. The monoisotopic (exact) mass is 366 g/mol. The molecule has 2 aromatic rings. The van der Waals surface area contributed by atoms with Crippen LogP contribution in [-0.2, 0) is 11.2 Å². The van der Waals surface area contributed by atoms with Gasteiger partial charge in [-0.15, -0.1) is 0 Å². The normalized spacial score (nSPS) is 10.1. The largest absolute Gasteiger partial charge is 0.484 e. The number of rotatable bonds is 5. The predicted molar refractivity (Wildman–Crippen MR) is 83.3 cm³/mol. The standard InChI is InChI=1S/C15H15BrN2O4/c1-2-11-7-8-13(22-11)15(20)18-17-14(19)9-21-12-5-3-10(16)4-6-12/h3-8H,2,9H2,1H3,(H,17,19)(H,18,20). The molecule has 0 spiro atoms. The number of benzene rings is 1. The van der Waals surface area contributed by atoms with Gasteiger partial charge >= 0.3 is 5.91 Å². The Morgan fingerprint density at radius 1 is 1.14 bits per heavy atom. The summed E-state index contributed by atoms with van der Waals surface area (Å²) in [7, 11) is 0. The van der Waals surface area contributed by atoms with E-state index in [4.69, 9.17) is 9.15 Å². The molecular weight excluding hydrogens is 352 g/mol. The highest BCUT2D eigenvalue weighted by atomic mass is 79.9. The minimum atomic E-state index is -0.517. The van der Waals surface area contributed by atoms with Crippen LogP contribution < -0.4 is 15.6 Å². The molecule has 0 saturated carbocycles. The van der Waals surface area contributed by atoms with Crippen LogP contribution in [0, 0.1) is 0 Å². The number of aryl methyl sites for hydroxylation is 1. The number of nitrogens with one attached hydrogen (secondary N) is 2. The smallest absolute Gasteiger partial charge is 0.305 e. The lowest BCUT2D eigenvalue weighted by atomic mass is 10.3. The second-order valence-corrected chi connectivity index (χ2v) is 5.28. The third-order valence-electron chi connectivity index (χ3n) is 2.73. The summed E-state index contributed by atoms with van der Waals surface area (Å²) in [6, 6.07) is 10.3. The van der Waals surface area contributed by atoms with E-state index >= 15 is 0 Å². The van der Waals surface area contributed by atoms with Gasteiger partial charge in [-0.2, -0.15) is 0 Å². The summed E-state index contributed by atoms with van der Waals surface area (Å²) in [5.41, 5.74) is 4.52. The predicted octanol–water partition coefficient (Wildman–Crippen LogP) is 2.44. The summed E-state index contributed by atoms with van der Waals surface area (Å²) in [4.78, 5) is 23.3. The van der Waals surface area contributed by atoms with Crippen LogP contribution in [0.4, 0.5) is 0 Å². The van der Waals surface area contributed by atoms with Gasteiger partial charge in [-0.25, -0.2) is 0 Å². The molecule has 1 aromatic heterocycles. The van der Waals surface area contributed by atoms with Crippen LogP contribution in [-0.4, -0.2) is 18.4 Å². The zero-order chi connectivity index (χ0) is 15.9. The van der Waals surface area contributed by atoms with Crippen molar-refractivity contribution in [1.82, 2.24) is 10.9 Å². The van der Waals surface area contributed by atoms with Crippen LogP contribution in [0.3, 0.4) is 0 Å². The molecule has 0 atom stereocenters. The third kappa shape index (κ3) is 4.63. The Balaban J connectivity index is 1.75. The molecule has 2 N–H and O–H groups in total. The van der Waals surface area contributed by atoms with Crippen molar-refractivity contribution >= 4 is 27.7 Å². The van der Waals surface area contributed by atoms with E-state index in [1.165, 1.54) is 0 Å². The van der Waals surface area contributed by atoms with E-state index < -0.39 is 11.8 Å². The molecule has 1 aromatic carbocycles. The summed E-state index contributed by atoms with van der Waals surface area (Å²) in [5.74, 6) is 0.416. The SMILES string of the molecule is CCc1ccc(C(=O)NNC(=O)COc2ccc(Br)cc2)o1. The van der Waals surface area contributed by atoms with Crippen molar-refractivity contribution in [2.24, 2.45) is 0 Å². The van der Waals surface area contributed by atoms with E-state index in [1.807, 2.05) is 6.92 Å². The molecule has 2 rings (SSSR count). The van der Waals surface area contributed by atoms with Gasteiger partial charge in [-0.05, 0) is 36.4 Å². The molecule has 0 aliphatic carbocycles. The molecule has 0 unspecified atom stereocenters. The number of carbonyl (C=O) groups excluding carboxylic acids is 2. The molecule has 0 bridgehead atoms. The summed E-state index contributed by atoms with van der Waals surface area (Å²) in [5, 5.41) is 0. The van der Waals surface area contributed by atoms with Gasteiger partial charge in [0.2, 0.25) is 0 Å². The molecule has 2 amide bonds. The zero-order valence-corrected chi connectivity index (χ0v) is 13.5. The second kappa shape index (κ2) is 7.65. The molecule has 0 saturated heterocycles. The minimum Gasteiger partial charge on any atom is -0.484 e. The second-order valence-electron chi connectivity index (χ2n) is 4.36. The number of hydrogen-bond acceptors (Lipinski definition) is 4. The van der Waals surface area contributed by atoms with Crippen LogP contribution in [0.25, 0.3) is 0 Å². The highest BCUT2D eigenvalue weighted by Crippen LogP contribution is 2.15. The van der Waals surface area contributed by atoms with Crippen LogP contribution in [0.15, 0.2) is 45.3 Å². The van der Waals surface area contributed by atoms with Crippen molar-refractivity contribution in [3.63, 3.8) is 0 Å². The average molecular weight is 367 g/mol. The maximum Gasteiger partial charge on any atom is 0.305 e. The molecule has 0 aliphatic heterocycles. The number of halogens is 1. The van der Waals surface area contributed by atoms with E-state index in [9.17, 15) is 9.59 Å². The van der Waals surface area contributed by atoms with Gasteiger partial charge in [-0.1, -0.05) is 22.9 Å². The average Bonchev–Trinajstić information content (AvgIpc) is 3.01. The van der Waals surface area contributed by atoms with Crippen LogP contribution >= 0.6 is 15.9 Å². The Morgan fingerprint density at radius 2 is 1.86 bits per heavy atom. The molecule has 116 valence electrons. The van der Waals surface area contributed by atoms with Crippen molar-refractivity contribution in [3.8, 4) is 5.75 Å². The Morgan fingerprint density at radius 3 is 2.50 bits per heavy atom. The van der Waals surface area contributed by atoms with Gasteiger partial charge < -0.3 is 9.15 Å². The number of ether oxygens (including phenoxy) is 1. The lowest BCUT2D eigenvalue weighted by Gasteiger charge is -2.08. The summed E-state index contributed by atoms with van der Waals surface area (Å²) < 4.78 is 11.5. The van der Waals surface area contributed by atoms with Crippen LogP contribution in [0.2, 0.25) is 0 Å². The van der Waals surface area contributed by atoms with E-state index in [0.717, 1.165) is 4.47 Å². The van der Waals surface area contributed by atoms with E-state index in [1.54, 1.807) is 36.4 Å². The van der Waals surface area contributed by atoms with Crippen molar-refractivity contribution in [1.29, 1.82) is 0 Å². The molecule has 6 nitrogen and oxygen atoms in total. The minimum absolute atomic E-state index is 0.144. The summed E-state index contributed by atoms with van der Waals surface area (Å²) in [6.07, 6.45) is 0.695. The van der Waals surface area contributed by atoms with Gasteiger partial charge in [0, 0.05) is 10.9 Å². The first kappa shape index (κ1) is 16.1.